The summed E-state index contributed by atoms with van der Waals surface area (Å²) < 4.78 is 5.55. The van der Waals surface area contributed by atoms with Gasteiger partial charge in [-0.15, -0.1) is 0 Å². The molecule has 1 fully saturated rings. The Hall–Kier alpha value is -1.34. The van der Waals surface area contributed by atoms with Gasteiger partial charge >= 0.3 is 0 Å². The van der Waals surface area contributed by atoms with Crippen molar-refractivity contribution in [1.82, 2.24) is 0 Å². The van der Waals surface area contributed by atoms with Crippen molar-refractivity contribution in [3.63, 3.8) is 0 Å². The van der Waals surface area contributed by atoms with E-state index in [0.29, 0.717) is 17.8 Å². The first kappa shape index (κ1) is 10.8. The van der Waals surface area contributed by atoms with Crippen LogP contribution in [0.5, 0.6) is 0 Å². The number of benzene rings is 1. The monoisotopic (exact) mass is 226 g/mol. The van der Waals surface area contributed by atoms with Crippen LogP contribution in [-0.2, 0) is 4.74 Å². The maximum atomic E-state index is 5.55. The molecule has 1 aliphatic heterocycles. The van der Waals surface area contributed by atoms with Crippen molar-refractivity contribution in [3.05, 3.63) is 60.2 Å². The number of allylic oxidation sites excluding steroid dienone is 1. The van der Waals surface area contributed by atoms with Gasteiger partial charge in [0, 0.05) is 17.8 Å². The third kappa shape index (κ3) is 2.07. The predicted molar refractivity (Wildman–Crippen MR) is 69.9 cm³/mol. The topological polar surface area (TPSA) is 9.23 Å². The molecule has 3 rings (SSSR count). The normalized spacial score (nSPS) is 32.2. The fraction of sp³-hybridized carbons (Fsp3) is 0.375. The van der Waals surface area contributed by atoms with Crippen LogP contribution in [-0.4, -0.2) is 13.2 Å². The summed E-state index contributed by atoms with van der Waals surface area (Å²) in [5, 5.41) is 0. The van der Waals surface area contributed by atoms with E-state index in [2.05, 4.69) is 49.1 Å². The molecular weight excluding hydrogens is 208 g/mol. The standard InChI is InChI=1S/C16H18O/c1-12-9-14(13-5-3-2-4-6-13)7-8-15-10-17-11-16(12)15/h2-8,14-16H,1,9-11H2/t14-,15-,16-/m1/s1. The van der Waals surface area contributed by atoms with Gasteiger partial charge in [0.1, 0.15) is 0 Å². The zero-order valence-electron chi connectivity index (χ0n) is 10.0. The fourth-order valence-electron chi connectivity index (χ4n) is 2.89. The van der Waals surface area contributed by atoms with E-state index in [1.807, 2.05) is 0 Å². The van der Waals surface area contributed by atoms with Crippen LogP contribution in [0.4, 0.5) is 0 Å². The molecule has 1 aromatic rings. The summed E-state index contributed by atoms with van der Waals surface area (Å²) in [5.74, 6) is 1.59. The van der Waals surface area contributed by atoms with E-state index in [1.54, 1.807) is 0 Å². The minimum atomic E-state index is 0.495. The number of hydrogen-bond donors (Lipinski definition) is 0. The van der Waals surface area contributed by atoms with E-state index in [-0.39, 0.29) is 0 Å². The second kappa shape index (κ2) is 4.50. The van der Waals surface area contributed by atoms with Crippen LogP contribution >= 0.6 is 0 Å². The summed E-state index contributed by atoms with van der Waals surface area (Å²) in [4.78, 5) is 0. The van der Waals surface area contributed by atoms with Gasteiger partial charge in [0.25, 0.3) is 0 Å². The van der Waals surface area contributed by atoms with Crippen molar-refractivity contribution in [2.45, 2.75) is 12.3 Å². The quantitative estimate of drug-likeness (QED) is 0.665. The predicted octanol–water partition coefficient (Wildman–Crippen LogP) is 3.55. The van der Waals surface area contributed by atoms with E-state index >= 15 is 0 Å². The number of fused-ring (bicyclic) bond motifs is 1. The summed E-state index contributed by atoms with van der Waals surface area (Å²) in [6.07, 6.45) is 5.75. The lowest BCUT2D eigenvalue weighted by molar-refractivity contribution is 0.185. The van der Waals surface area contributed by atoms with Crippen LogP contribution < -0.4 is 0 Å². The molecule has 1 heterocycles. The van der Waals surface area contributed by atoms with Crippen LogP contribution in [0.2, 0.25) is 0 Å². The van der Waals surface area contributed by atoms with Gasteiger partial charge in [-0.25, -0.2) is 0 Å². The Kier molecular flexibility index (Phi) is 2.86. The second-order valence-corrected chi connectivity index (χ2v) is 5.07. The second-order valence-electron chi connectivity index (χ2n) is 5.07. The molecule has 17 heavy (non-hydrogen) atoms. The molecule has 88 valence electrons. The molecular formula is C16H18O. The molecule has 0 aromatic heterocycles. The third-order valence-electron chi connectivity index (χ3n) is 3.95. The Morgan fingerprint density at radius 2 is 1.88 bits per heavy atom. The van der Waals surface area contributed by atoms with Crippen LogP contribution in [0.25, 0.3) is 0 Å². The molecule has 1 heteroatoms. The molecule has 0 unspecified atom stereocenters. The largest absolute Gasteiger partial charge is 0.380 e. The average Bonchev–Trinajstić information content (AvgIpc) is 2.78. The van der Waals surface area contributed by atoms with E-state index in [1.165, 1.54) is 11.1 Å². The van der Waals surface area contributed by atoms with Crippen LogP contribution in [0.1, 0.15) is 17.9 Å². The Labute approximate surface area is 103 Å². The highest BCUT2D eigenvalue weighted by Crippen LogP contribution is 2.38. The maximum Gasteiger partial charge on any atom is 0.0538 e. The third-order valence-corrected chi connectivity index (χ3v) is 3.95. The molecule has 1 nitrogen and oxygen atoms in total. The minimum absolute atomic E-state index is 0.495. The smallest absolute Gasteiger partial charge is 0.0538 e. The fourth-order valence-corrected chi connectivity index (χ4v) is 2.89. The van der Waals surface area contributed by atoms with Crippen molar-refractivity contribution < 1.29 is 4.74 Å². The highest BCUT2D eigenvalue weighted by molar-refractivity contribution is 5.29. The maximum absolute atomic E-state index is 5.55. The van der Waals surface area contributed by atoms with E-state index in [9.17, 15) is 0 Å². The molecule has 0 bridgehead atoms. The first-order valence-corrected chi connectivity index (χ1v) is 6.33. The Morgan fingerprint density at radius 3 is 2.71 bits per heavy atom. The van der Waals surface area contributed by atoms with Crippen molar-refractivity contribution in [2.75, 3.05) is 13.2 Å². The van der Waals surface area contributed by atoms with Gasteiger partial charge in [0.05, 0.1) is 13.2 Å². The van der Waals surface area contributed by atoms with Gasteiger partial charge in [-0.1, -0.05) is 54.6 Å². The van der Waals surface area contributed by atoms with Crippen molar-refractivity contribution in [2.24, 2.45) is 11.8 Å². The lowest BCUT2D eigenvalue weighted by Crippen LogP contribution is -2.11. The van der Waals surface area contributed by atoms with Gasteiger partial charge in [0.15, 0.2) is 0 Å². The molecule has 0 amide bonds. The van der Waals surface area contributed by atoms with Crippen LogP contribution in [0.3, 0.4) is 0 Å². The van der Waals surface area contributed by atoms with Crippen molar-refractivity contribution in [3.8, 4) is 0 Å². The van der Waals surface area contributed by atoms with Gasteiger partial charge < -0.3 is 4.74 Å². The van der Waals surface area contributed by atoms with Gasteiger partial charge in [0.2, 0.25) is 0 Å². The molecule has 0 N–H and O–H groups in total. The summed E-state index contributed by atoms with van der Waals surface area (Å²) in [7, 11) is 0. The van der Waals surface area contributed by atoms with Gasteiger partial charge in [-0.3, -0.25) is 0 Å². The molecule has 0 spiro atoms. The van der Waals surface area contributed by atoms with Gasteiger partial charge in [-0.05, 0) is 12.0 Å². The Bertz CT molecular complexity index is 432. The average molecular weight is 226 g/mol. The first-order valence-electron chi connectivity index (χ1n) is 6.33. The number of ether oxygens (including phenoxy) is 1. The van der Waals surface area contributed by atoms with E-state index in [4.69, 9.17) is 4.74 Å². The molecule has 1 saturated heterocycles. The molecule has 1 aromatic carbocycles. The lowest BCUT2D eigenvalue weighted by Gasteiger charge is -2.17. The molecule has 0 radical (unpaired) electrons. The summed E-state index contributed by atoms with van der Waals surface area (Å²) in [6.45, 7) is 5.99. The zero-order valence-corrected chi connectivity index (χ0v) is 10.0. The van der Waals surface area contributed by atoms with E-state index in [0.717, 1.165) is 19.6 Å². The molecule has 1 aliphatic carbocycles. The first-order chi connectivity index (χ1) is 8.34. The van der Waals surface area contributed by atoms with Crippen molar-refractivity contribution >= 4 is 0 Å². The Balaban J connectivity index is 1.87. The molecule has 3 atom stereocenters. The lowest BCUT2D eigenvalue weighted by atomic mass is 9.87. The van der Waals surface area contributed by atoms with Crippen LogP contribution in [0, 0.1) is 11.8 Å². The number of hydrogen-bond acceptors (Lipinski definition) is 1. The van der Waals surface area contributed by atoms with E-state index < -0.39 is 0 Å². The minimum Gasteiger partial charge on any atom is -0.380 e. The molecule has 0 saturated carbocycles. The van der Waals surface area contributed by atoms with Crippen LogP contribution in [0.15, 0.2) is 54.6 Å². The summed E-state index contributed by atoms with van der Waals surface area (Å²) in [5.41, 5.74) is 2.75. The zero-order chi connectivity index (χ0) is 11.7. The summed E-state index contributed by atoms with van der Waals surface area (Å²) in [6, 6.07) is 10.7. The van der Waals surface area contributed by atoms with Crippen molar-refractivity contribution in [1.29, 1.82) is 0 Å². The summed E-state index contributed by atoms with van der Waals surface area (Å²) >= 11 is 0. The molecule has 2 aliphatic rings. The highest BCUT2D eigenvalue weighted by atomic mass is 16.5. The highest BCUT2D eigenvalue weighted by Gasteiger charge is 2.31. The number of rotatable bonds is 1. The van der Waals surface area contributed by atoms with Gasteiger partial charge in [-0.2, -0.15) is 0 Å². The Morgan fingerprint density at radius 1 is 1.06 bits per heavy atom. The SMILES string of the molecule is C=C1C[C@H](c2ccccc2)C=C[C@@H]2COC[C@H]12.